The second kappa shape index (κ2) is 3.88. The van der Waals surface area contributed by atoms with Crippen molar-refractivity contribution < 1.29 is 4.79 Å². The van der Waals surface area contributed by atoms with E-state index in [1.54, 1.807) is 0 Å². The Morgan fingerprint density at radius 3 is 2.74 bits per heavy atom. The van der Waals surface area contributed by atoms with Crippen LogP contribution in [0.25, 0.3) is 0 Å². The third kappa shape index (κ3) is 1.31. The van der Waals surface area contributed by atoms with Gasteiger partial charge >= 0.3 is 0 Å². The average molecular weight is 277 g/mol. The minimum Gasteiger partial charge on any atom is -0.352 e. The number of amides is 1. The van der Waals surface area contributed by atoms with Gasteiger partial charge in [-0.15, -0.1) is 0 Å². The summed E-state index contributed by atoms with van der Waals surface area (Å²) in [6.07, 6.45) is 4.48. The SMILES string of the molecule is N#CC1=C(Cl)NC23CCCCCC2C1(C#N)C(=O)N3. The standard InChI is InChI=1S/C13H13ClN4O/c14-10-8(6-15)12(7-16)9-4-2-1-3-5-13(9,17-10)18-11(12)19/h9,17H,1-5H2,(H,18,19). The summed E-state index contributed by atoms with van der Waals surface area (Å²) in [4.78, 5) is 12.4. The molecule has 3 rings (SSSR count). The molecule has 5 nitrogen and oxygen atoms in total. The highest BCUT2D eigenvalue weighted by atomic mass is 35.5. The lowest BCUT2D eigenvalue weighted by atomic mass is 9.65. The zero-order valence-corrected chi connectivity index (χ0v) is 11.0. The second-order valence-corrected chi connectivity index (χ2v) is 5.80. The first-order valence-electron chi connectivity index (χ1n) is 6.43. The number of carbonyl (C=O) groups is 1. The average Bonchev–Trinajstić information content (AvgIpc) is 2.53. The molecule has 3 atom stereocenters. The number of nitrogens with one attached hydrogen (secondary N) is 2. The first-order valence-corrected chi connectivity index (χ1v) is 6.81. The molecule has 0 aromatic heterocycles. The molecule has 1 saturated carbocycles. The van der Waals surface area contributed by atoms with E-state index in [1.165, 1.54) is 0 Å². The van der Waals surface area contributed by atoms with Crippen molar-refractivity contribution in [2.24, 2.45) is 11.3 Å². The summed E-state index contributed by atoms with van der Waals surface area (Å²) in [5.74, 6) is -0.612. The van der Waals surface area contributed by atoms with Gasteiger partial charge in [0, 0.05) is 5.92 Å². The largest absolute Gasteiger partial charge is 0.352 e. The first kappa shape index (κ1) is 12.3. The molecule has 1 aliphatic carbocycles. The quantitative estimate of drug-likeness (QED) is 0.656. The molecule has 3 aliphatic rings. The van der Waals surface area contributed by atoms with Crippen LogP contribution >= 0.6 is 11.6 Å². The maximum Gasteiger partial charge on any atom is 0.248 e. The second-order valence-electron chi connectivity index (χ2n) is 5.42. The predicted molar refractivity (Wildman–Crippen MR) is 67.1 cm³/mol. The molecule has 19 heavy (non-hydrogen) atoms. The Kier molecular flexibility index (Phi) is 2.52. The van der Waals surface area contributed by atoms with Crippen LogP contribution in [0.15, 0.2) is 10.7 Å². The normalized spacial score (nSPS) is 40.4. The summed E-state index contributed by atoms with van der Waals surface area (Å²) >= 11 is 6.12. The highest BCUT2D eigenvalue weighted by Gasteiger charge is 2.68. The van der Waals surface area contributed by atoms with Crippen molar-refractivity contribution in [2.45, 2.75) is 37.8 Å². The first-order chi connectivity index (χ1) is 9.10. The predicted octanol–water partition coefficient (Wildman–Crippen LogP) is 1.48. The van der Waals surface area contributed by atoms with Gasteiger partial charge in [-0.05, 0) is 19.3 Å². The van der Waals surface area contributed by atoms with Crippen molar-refractivity contribution in [1.82, 2.24) is 10.6 Å². The summed E-state index contributed by atoms with van der Waals surface area (Å²) < 4.78 is 0. The number of halogens is 1. The molecule has 3 unspecified atom stereocenters. The van der Waals surface area contributed by atoms with Gasteiger partial charge < -0.3 is 10.6 Å². The van der Waals surface area contributed by atoms with Crippen LogP contribution in [0.3, 0.4) is 0 Å². The molecule has 0 radical (unpaired) electrons. The van der Waals surface area contributed by atoms with Crippen LogP contribution in [0.5, 0.6) is 0 Å². The molecule has 6 heteroatoms. The highest BCUT2D eigenvalue weighted by Crippen LogP contribution is 2.55. The molecule has 2 aliphatic heterocycles. The number of hydrogen-bond donors (Lipinski definition) is 2. The Hall–Kier alpha value is -1.72. The number of carbonyl (C=O) groups excluding carboxylic acids is 1. The summed E-state index contributed by atoms with van der Waals surface area (Å²) in [7, 11) is 0. The Bertz CT molecular complexity index is 572. The van der Waals surface area contributed by atoms with Gasteiger partial charge in [0.25, 0.3) is 0 Å². The molecular weight excluding hydrogens is 264 g/mol. The molecule has 2 N–H and O–H groups in total. The molecule has 0 aromatic rings. The van der Waals surface area contributed by atoms with Gasteiger partial charge in [0.2, 0.25) is 5.91 Å². The van der Waals surface area contributed by atoms with Crippen molar-refractivity contribution in [2.75, 3.05) is 0 Å². The van der Waals surface area contributed by atoms with Crippen LogP contribution < -0.4 is 10.6 Å². The fourth-order valence-corrected chi connectivity index (χ4v) is 4.13. The Morgan fingerprint density at radius 2 is 2.05 bits per heavy atom. The third-order valence-corrected chi connectivity index (χ3v) is 4.89. The Morgan fingerprint density at radius 1 is 1.26 bits per heavy atom. The van der Waals surface area contributed by atoms with E-state index in [2.05, 4.69) is 16.7 Å². The molecule has 0 spiro atoms. The van der Waals surface area contributed by atoms with E-state index in [0.29, 0.717) is 0 Å². The zero-order chi connectivity index (χ0) is 13.7. The van der Waals surface area contributed by atoms with E-state index >= 15 is 0 Å². The summed E-state index contributed by atoms with van der Waals surface area (Å²) in [5.41, 5.74) is -2.00. The number of rotatable bonds is 0. The van der Waals surface area contributed by atoms with E-state index in [1.807, 2.05) is 6.07 Å². The lowest BCUT2D eigenvalue weighted by Gasteiger charge is -2.41. The van der Waals surface area contributed by atoms with Crippen LogP contribution in [0.1, 0.15) is 32.1 Å². The number of hydrogen-bond acceptors (Lipinski definition) is 4. The lowest BCUT2D eigenvalue weighted by Crippen LogP contribution is -2.58. The third-order valence-electron chi connectivity index (χ3n) is 4.61. The van der Waals surface area contributed by atoms with Gasteiger partial charge in [0.05, 0.1) is 11.6 Å². The van der Waals surface area contributed by atoms with Crippen molar-refractivity contribution in [1.29, 1.82) is 10.5 Å². The molecule has 2 heterocycles. The van der Waals surface area contributed by atoms with Gasteiger partial charge in [0.15, 0.2) is 5.41 Å². The Balaban J connectivity index is 2.25. The molecule has 0 aromatic carbocycles. The Labute approximate surface area is 116 Å². The van der Waals surface area contributed by atoms with E-state index in [4.69, 9.17) is 11.6 Å². The van der Waals surface area contributed by atoms with Crippen LogP contribution in [0, 0.1) is 34.0 Å². The number of nitrogens with zero attached hydrogens (tertiary/aromatic N) is 2. The van der Waals surface area contributed by atoms with Crippen molar-refractivity contribution in [3.63, 3.8) is 0 Å². The highest BCUT2D eigenvalue weighted by molar-refractivity contribution is 6.30. The van der Waals surface area contributed by atoms with Crippen molar-refractivity contribution in [3.05, 3.63) is 10.7 Å². The molecule has 2 fully saturated rings. The van der Waals surface area contributed by atoms with Gasteiger partial charge in [-0.3, -0.25) is 4.79 Å². The minimum atomic E-state index is -1.42. The monoisotopic (exact) mass is 276 g/mol. The van der Waals surface area contributed by atoms with Gasteiger partial charge in [0.1, 0.15) is 16.9 Å². The summed E-state index contributed by atoms with van der Waals surface area (Å²) in [5, 5.41) is 25.0. The molecule has 1 saturated heterocycles. The smallest absolute Gasteiger partial charge is 0.248 e. The van der Waals surface area contributed by atoms with Crippen LogP contribution in [-0.4, -0.2) is 11.6 Å². The van der Waals surface area contributed by atoms with Gasteiger partial charge in [-0.25, -0.2) is 0 Å². The van der Waals surface area contributed by atoms with E-state index in [-0.39, 0.29) is 22.6 Å². The molecule has 2 bridgehead atoms. The molecule has 1 amide bonds. The van der Waals surface area contributed by atoms with E-state index in [9.17, 15) is 15.3 Å². The number of nitriles is 2. The van der Waals surface area contributed by atoms with E-state index < -0.39 is 11.1 Å². The molecule has 98 valence electrons. The van der Waals surface area contributed by atoms with Crippen LogP contribution in [0.4, 0.5) is 0 Å². The fraction of sp³-hybridized carbons (Fsp3) is 0.615. The van der Waals surface area contributed by atoms with Crippen molar-refractivity contribution >= 4 is 17.5 Å². The fourth-order valence-electron chi connectivity index (χ4n) is 3.77. The summed E-state index contributed by atoms with van der Waals surface area (Å²) in [6.45, 7) is 0. The van der Waals surface area contributed by atoms with Gasteiger partial charge in [-0.1, -0.05) is 24.4 Å². The van der Waals surface area contributed by atoms with E-state index in [0.717, 1.165) is 32.1 Å². The van der Waals surface area contributed by atoms with Gasteiger partial charge in [-0.2, -0.15) is 10.5 Å². The summed E-state index contributed by atoms with van der Waals surface area (Å²) in [6, 6.07) is 4.05. The van der Waals surface area contributed by atoms with Crippen LogP contribution in [-0.2, 0) is 4.79 Å². The maximum absolute atomic E-state index is 12.4. The zero-order valence-electron chi connectivity index (χ0n) is 10.3. The lowest BCUT2D eigenvalue weighted by molar-refractivity contribution is -0.124. The van der Waals surface area contributed by atoms with Crippen molar-refractivity contribution in [3.8, 4) is 12.1 Å². The molecular formula is C13H13ClN4O. The van der Waals surface area contributed by atoms with Crippen LogP contribution in [0.2, 0.25) is 0 Å². The topological polar surface area (TPSA) is 88.7 Å². The minimum absolute atomic E-state index is 0.0641. The maximum atomic E-state index is 12.4.